The minimum atomic E-state index is 0.0660. The van der Waals surface area contributed by atoms with Gasteiger partial charge in [-0.3, -0.25) is 4.79 Å². The average Bonchev–Trinajstić information content (AvgIpc) is 2.37. The summed E-state index contributed by atoms with van der Waals surface area (Å²) in [4.78, 5) is 13.7. The lowest BCUT2D eigenvalue weighted by Crippen LogP contribution is -2.41. The molecule has 0 fully saturated rings. The van der Waals surface area contributed by atoms with E-state index in [0.717, 1.165) is 0 Å². The molecule has 0 heterocycles. The van der Waals surface area contributed by atoms with E-state index in [1.807, 2.05) is 13.8 Å². The molecule has 0 aromatic heterocycles. The third-order valence-corrected chi connectivity index (χ3v) is 2.34. The molecule has 106 valence electrons. The summed E-state index contributed by atoms with van der Waals surface area (Å²) in [6, 6.07) is 0. The summed E-state index contributed by atoms with van der Waals surface area (Å²) in [6.45, 7) is 12.1. The maximum absolute atomic E-state index is 11.9. The van der Waals surface area contributed by atoms with Crippen molar-refractivity contribution in [1.29, 1.82) is 0 Å². The van der Waals surface area contributed by atoms with Crippen LogP contribution in [-0.4, -0.2) is 63.4 Å². The molecule has 0 aliphatic heterocycles. The fourth-order valence-electron chi connectivity index (χ4n) is 1.39. The Hall–Kier alpha value is -0.910. The average molecular weight is 258 g/mol. The lowest BCUT2D eigenvalue weighted by atomic mass is 10.4. The van der Waals surface area contributed by atoms with Gasteiger partial charge in [-0.25, -0.2) is 0 Å². The fraction of sp³-hybridized carbons (Fsp3) is 0.769. The van der Waals surface area contributed by atoms with Crippen LogP contribution in [0.2, 0.25) is 0 Å². The predicted molar refractivity (Wildman–Crippen MR) is 72.6 cm³/mol. The van der Waals surface area contributed by atoms with Gasteiger partial charge in [0.05, 0.1) is 19.8 Å². The standard InChI is InChI=1S/C13H26N2O3/c1-4-7-14-12-13(16)15(8-10-17-5-2)9-11-18-6-3/h4,14H,1,5-12H2,2-3H3. The fourth-order valence-corrected chi connectivity index (χ4v) is 1.39. The zero-order valence-electron chi connectivity index (χ0n) is 11.6. The van der Waals surface area contributed by atoms with Gasteiger partial charge in [-0.15, -0.1) is 6.58 Å². The van der Waals surface area contributed by atoms with E-state index in [1.165, 1.54) is 0 Å². The number of ether oxygens (including phenoxy) is 2. The second-order valence-corrected chi connectivity index (χ2v) is 3.69. The van der Waals surface area contributed by atoms with Gasteiger partial charge in [0, 0.05) is 32.8 Å². The van der Waals surface area contributed by atoms with Gasteiger partial charge in [0.1, 0.15) is 0 Å². The molecule has 5 heteroatoms. The highest BCUT2D eigenvalue weighted by atomic mass is 16.5. The lowest BCUT2D eigenvalue weighted by molar-refractivity contribution is -0.131. The van der Waals surface area contributed by atoms with Crippen LogP contribution < -0.4 is 5.32 Å². The molecule has 1 N–H and O–H groups in total. The highest BCUT2D eigenvalue weighted by molar-refractivity contribution is 5.78. The van der Waals surface area contributed by atoms with E-state index >= 15 is 0 Å². The molecular weight excluding hydrogens is 232 g/mol. The van der Waals surface area contributed by atoms with E-state index in [9.17, 15) is 4.79 Å². The Morgan fingerprint density at radius 3 is 2.22 bits per heavy atom. The van der Waals surface area contributed by atoms with Crippen molar-refractivity contribution in [3.05, 3.63) is 12.7 Å². The van der Waals surface area contributed by atoms with Crippen molar-refractivity contribution in [3.8, 4) is 0 Å². The second kappa shape index (κ2) is 12.5. The first-order valence-electron chi connectivity index (χ1n) is 6.51. The molecule has 0 aromatic rings. The number of hydrogen-bond donors (Lipinski definition) is 1. The molecule has 18 heavy (non-hydrogen) atoms. The molecule has 5 nitrogen and oxygen atoms in total. The molecule has 1 amide bonds. The smallest absolute Gasteiger partial charge is 0.236 e. The van der Waals surface area contributed by atoms with Crippen molar-refractivity contribution >= 4 is 5.91 Å². The third kappa shape index (κ3) is 9.15. The number of carbonyl (C=O) groups excluding carboxylic acids is 1. The summed E-state index contributed by atoms with van der Waals surface area (Å²) in [7, 11) is 0. The van der Waals surface area contributed by atoms with Gasteiger partial charge in [-0.05, 0) is 13.8 Å². The molecule has 0 unspecified atom stereocenters. The Morgan fingerprint density at radius 2 is 1.78 bits per heavy atom. The first-order valence-corrected chi connectivity index (χ1v) is 6.51. The van der Waals surface area contributed by atoms with Crippen LogP contribution in [0.15, 0.2) is 12.7 Å². The van der Waals surface area contributed by atoms with Crippen LogP contribution in [0, 0.1) is 0 Å². The minimum absolute atomic E-state index is 0.0660. The van der Waals surface area contributed by atoms with Crippen molar-refractivity contribution in [1.82, 2.24) is 10.2 Å². The SMILES string of the molecule is C=CCNCC(=O)N(CCOCC)CCOCC. The van der Waals surface area contributed by atoms with Crippen molar-refractivity contribution in [2.24, 2.45) is 0 Å². The number of hydrogen-bond acceptors (Lipinski definition) is 4. The van der Waals surface area contributed by atoms with Crippen LogP contribution in [0.5, 0.6) is 0 Å². The molecule has 0 saturated carbocycles. The first-order chi connectivity index (χ1) is 8.76. The molecule has 0 aliphatic rings. The summed E-state index contributed by atoms with van der Waals surface area (Å²) in [5.74, 6) is 0.0660. The molecule has 0 aliphatic carbocycles. The van der Waals surface area contributed by atoms with Gasteiger partial charge in [-0.1, -0.05) is 6.08 Å². The van der Waals surface area contributed by atoms with Gasteiger partial charge >= 0.3 is 0 Å². The van der Waals surface area contributed by atoms with Crippen LogP contribution in [0.4, 0.5) is 0 Å². The van der Waals surface area contributed by atoms with E-state index in [-0.39, 0.29) is 5.91 Å². The van der Waals surface area contributed by atoms with Crippen LogP contribution in [0.25, 0.3) is 0 Å². The molecule has 0 bridgehead atoms. The Balaban J connectivity index is 3.98. The monoisotopic (exact) mass is 258 g/mol. The van der Waals surface area contributed by atoms with Gasteiger partial charge < -0.3 is 19.7 Å². The molecule has 0 saturated heterocycles. The lowest BCUT2D eigenvalue weighted by Gasteiger charge is -2.22. The van der Waals surface area contributed by atoms with E-state index in [1.54, 1.807) is 11.0 Å². The zero-order chi connectivity index (χ0) is 13.6. The molecule has 0 aromatic carbocycles. The molecule has 0 radical (unpaired) electrons. The maximum atomic E-state index is 11.9. The molecular formula is C13H26N2O3. The summed E-state index contributed by atoms with van der Waals surface area (Å²) in [5, 5.41) is 3.01. The van der Waals surface area contributed by atoms with Gasteiger partial charge in [0.2, 0.25) is 5.91 Å². The maximum Gasteiger partial charge on any atom is 0.236 e. The first kappa shape index (κ1) is 17.1. The van der Waals surface area contributed by atoms with Gasteiger partial charge in [-0.2, -0.15) is 0 Å². The van der Waals surface area contributed by atoms with Gasteiger partial charge in [0.15, 0.2) is 0 Å². The number of nitrogens with one attached hydrogen (secondary N) is 1. The zero-order valence-corrected chi connectivity index (χ0v) is 11.6. The van der Waals surface area contributed by atoms with Crippen molar-refractivity contribution in [3.63, 3.8) is 0 Å². The van der Waals surface area contributed by atoms with Crippen molar-refractivity contribution in [2.45, 2.75) is 13.8 Å². The van der Waals surface area contributed by atoms with Gasteiger partial charge in [0.25, 0.3) is 0 Å². The molecule has 0 atom stereocenters. The highest BCUT2D eigenvalue weighted by Crippen LogP contribution is 1.91. The number of rotatable bonds is 12. The predicted octanol–water partition coefficient (Wildman–Crippen LogP) is 0.664. The van der Waals surface area contributed by atoms with E-state index in [0.29, 0.717) is 52.6 Å². The van der Waals surface area contributed by atoms with Crippen LogP contribution in [-0.2, 0) is 14.3 Å². The largest absolute Gasteiger partial charge is 0.380 e. The summed E-state index contributed by atoms with van der Waals surface area (Å²) in [6.07, 6.45) is 1.73. The molecule has 0 rings (SSSR count). The normalized spacial score (nSPS) is 10.3. The number of amides is 1. The molecule has 0 spiro atoms. The van der Waals surface area contributed by atoms with Crippen LogP contribution in [0.1, 0.15) is 13.8 Å². The van der Waals surface area contributed by atoms with E-state index < -0.39 is 0 Å². The Bertz CT molecular complexity index is 212. The third-order valence-electron chi connectivity index (χ3n) is 2.34. The number of carbonyl (C=O) groups is 1. The second-order valence-electron chi connectivity index (χ2n) is 3.69. The highest BCUT2D eigenvalue weighted by Gasteiger charge is 2.12. The summed E-state index contributed by atoms with van der Waals surface area (Å²) >= 11 is 0. The van der Waals surface area contributed by atoms with E-state index in [4.69, 9.17) is 9.47 Å². The Morgan fingerprint density at radius 1 is 1.22 bits per heavy atom. The number of nitrogens with zero attached hydrogens (tertiary/aromatic N) is 1. The van der Waals surface area contributed by atoms with Crippen molar-refractivity contribution in [2.75, 3.05) is 52.6 Å². The van der Waals surface area contributed by atoms with Crippen LogP contribution in [0.3, 0.4) is 0 Å². The van der Waals surface area contributed by atoms with E-state index in [2.05, 4.69) is 11.9 Å². The summed E-state index contributed by atoms with van der Waals surface area (Å²) < 4.78 is 10.5. The van der Waals surface area contributed by atoms with Crippen LogP contribution >= 0.6 is 0 Å². The Labute approximate surface area is 110 Å². The summed E-state index contributed by atoms with van der Waals surface area (Å²) in [5.41, 5.74) is 0. The minimum Gasteiger partial charge on any atom is -0.380 e. The topological polar surface area (TPSA) is 50.8 Å². The van der Waals surface area contributed by atoms with Crippen molar-refractivity contribution < 1.29 is 14.3 Å². The quantitative estimate of drug-likeness (QED) is 0.413. The Kier molecular flexibility index (Phi) is 11.9.